The van der Waals surface area contributed by atoms with E-state index >= 15 is 0 Å². The lowest BCUT2D eigenvalue weighted by Crippen LogP contribution is -2.49. The van der Waals surface area contributed by atoms with E-state index in [0.717, 1.165) is 0 Å². The lowest BCUT2D eigenvalue weighted by atomic mass is 10.0. The van der Waals surface area contributed by atoms with Crippen LogP contribution in [0.25, 0.3) is 0 Å². The molecular weight excluding hydrogens is 236 g/mol. The molecule has 18 heavy (non-hydrogen) atoms. The number of aliphatic hydroxyl groups excluding tert-OH is 2. The van der Waals surface area contributed by atoms with E-state index < -0.39 is 30.6 Å². The summed E-state index contributed by atoms with van der Waals surface area (Å²) in [6, 6.07) is 8.54. The molecule has 1 aliphatic heterocycles. The van der Waals surface area contributed by atoms with Crippen molar-refractivity contribution in [2.45, 2.75) is 37.9 Å². The van der Waals surface area contributed by atoms with Crippen LogP contribution in [0.1, 0.15) is 23.7 Å². The van der Waals surface area contributed by atoms with Gasteiger partial charge in [-0.25, -0.2) is 4.79 Å². The van der Waals surface area contributed by atoms with Crippen LogP contribution in [-0.4, -0.2) is 40.8 Å². The third-order valence-corrected chi connectivity index (χ3v) is 2.91. The van der Waals surface area contributed by atoms with E-state index in [-0.39, 0.29) is 6.42 Å². The average Bonchev–Trinajstić information content (AvgIpc) is 2.34. The van der Waals surface area contributed by atoms with Crippen molar-refractivity contribution in [2.75, 3.05) is 0 Å². The number of carbonyl (C=O) groups is 1. The van der Waals surface area contributed by atoms with Crippen molar-refractivity contribution < 1.29 is 24.5 Å². The molecule has 4 atom stereocenters. The minimum Gasteiger partial charge on any atom is -0.453 e. The first kappa shape index (κ1) is 13.0. The van der Waals surface area contributed by atoms with Gasteiger partial charge in [0.1, 0.15) is 0 Å². The van der Waals surface area contributed by atoms with E-state index in [2.05, 4.69) is 0 Å². The van der Waals surface area contributed by atoms with Gasteiger partial charge in [0, 0.05) is 6.42 Å². The lowest BCUT2D eigenvalue weighted by molar-refractivity contribution is -0.226. The largest absolute Gasteiger partial charge is 0.453 e. The molecule has 0 bridgehead atoms. The van der Waals surface area contributed by atoms with Crippen molar-refractivity contribution in [3.63, 3.8) is 0 Å². The van der Waals surface area contributed by atoms with Crippen LogP contribution >= 0.6 is 0 Å². The Bertz CT molecular complexity index is 393. The molecule has 0 saturated carbocycles. The lowest BCUT2D eigenvalue weighted by Gasteiger charge is -2.35. The highest BCUT2D eigenvalue weighted by molar-refractivity contribution is 5.89. The van der Waals surface area contributed by atoms with Crippen LogP contribution in [0.15, 0.2) is 30.3 Å². The number of carbonyl (C=O) groups excluding carboxylic acids is 1. The fourth-order valence-corrected chi connectivity index (χ4v) is 1.97. The van der Waals surface area contributed by atoms with Crippen LogP contribution < -0.4 is 0 Å². The van der Waals surface area contributed by atoms with E-state index in [0.29, 0.717) is 5.56 Å². The highest BCUT2D eigenvalue weighted by atomic mass is 16.6. The first-order chi connectivity index (χ1) is 8.58. The van der Waals surface area contributed by atoms with Crippen molar-refractivity contribution in [1.29, 1.82) is 0 Å². The van der Waals surface area contributed by atoms with Gasteiger partial charge in [-0.1, -0.05) is 18.2 Å². The number of benzene rings is 1. The van der Waals surface area contributed by atoms with E-state index in [9.17, 15) is 15.0 Å². The van der Waals surface area contributed by atoms with Crippen molar-refractivity contribution >= 4 is 5.97 Å². The predicted octanol–water partition coefficient (Wildman–Crippen LogP) is 0.700. The smallest absolute Gasteiger partial charge is 0.338 e. The summed E-state index contributed by atoms with van der Waals surface area (Å²) in [4.78, 5) is 11.8. The third kappa shape index (κ3) is 2.87. The number of ether oxygens (including phenoxy) is 2. The normalized spacial score (nSPS) is 31.9. The summed E-state index contributed by atoms with van der Waals surface area (Å²) in [6.07, 6.45) is -3.20. The molecule has 1 fully saturated rings. The molecule has 1 aromatic rings. The molecule has 0 unspecified atom stereocenters. The molecule has 5 heteroatoms. The van der Waals surface area contributed by atoms with Gasteiger partial charge in [0.25, 0.3) is 0 Å². The van der Waals surface area contributed by atoms with E-state index in [1.165, 1.54) is 0 Å². The topological polar surface area (TPSA) is 76.0 Å². The molecule has 1 aromatic carbocycles. The molecule has 0 aromatic heterocycles. The average molecular weight is 252 g/mol. The van der Waals surface area contributed by atoms with E-state index in [4.69, 9.17) is 9.47 Å². The highest BCUT2D eigenvalue weighted by Gasteiger charge is 2.37. The van der Waals surface area contributed by atoms with Crippen LogP contribution in [0.5, 0.6) is 0 Å². The first-order valence-electron chi connectivity index (χ1n) is 5.85. The highest BCUT2D eigenvalue weighted by Crippen LogP contribution is 2.22. The van der Waals surface area contributed by atoms with Crippen molar-refractivity contribution in [3.05, 3.63) is 35.9 Å². The van der Waals surface area contributed by atoms with Crippen LogP contribution in [0, 0.1) is 0 Å². The summed E-state index contributed by atoms with van der Waals surface area (Å²) in [6.45, 7) is 1.65. The predicted molar refractivity (Wildman–Crippen MR) is 62.8 cm³/mol. The molecule has 98 valence electrons. The van der Waals surface area contributed by atoms with Gasteiger partial charge in [-0.15, -0.1) is 0 Å². The maximum absolute atomic E-state index is 11.8. The monoisotopic (exact) mass is 252 g/mol. The Morgan fingerprint density at radius 3 is 2.61 bits per heavy atom. The molecule has 0 radical (unpaired) electrons. The van der Waals surface area contributed by atoms with Gasteiger partial charge in [0.15, 0.2) is 12.4 Å². The Morgan fingerprint density at radius 2 is 2.00 bits per heavy atom. The van der Waals surface area contributed by atoms with Crippen LogP contribution in [0.4, 0.5) is 0 Å². The molecule has 0 aliphatic carbocycles. The molecule has 2 N–H and O–H groups in total. The summed E-state index contributed by atoms with van der Waals surface area (Å²) in [7, 11) is 0. The zero-order valence-electron chi connectivity index (χ0n) is 10.0. The molecule has 0 amide bonds. The summed E-state index contributed by atoms with van der Waals surface area (Å²) < 4.78 is 10.3. The second-order valence-electron chi connectivity index (χ2n) is 4.33. The van der Waals surface area contributed by atoms with E-state index in [1.807, 2.05) is 0 Å². The van der Waals surface area contributed by atoms with Gasteiger partial charge in [-0.05, 0) is 19.1 Å². The quantitative estimate of drug-likeness (QED) is 0.758. The maximum atomic E-state index is 11.8. The second kappa shape index (κ2) is 5.48. The molecule has 1 aliphatic rings. The number of hydrogen-bond acceptors (Lipinski definition) is 5. The van der Waals surface area contributed by atoms with Gasteiger partial charge >= 0.3 is 5.97 Å². The SMILES string of the molecule is C[C@H]1O[C@H](O)C[C@H](O)[C@@H]1OC(=O)c1ccccc1. The zero-order valence-corrected chi connectivity index (χ0v) is 10.0. The van der Waals surface area contributed by atoms with Crippen LogP contribution in [-0.2, 0) is 9.47 Å². The Balaban J connectivity index is 2.03. The third-order valence-electron chi connectivity index (χ3n) is 2.91. The summed E-state index contributed by atoms with van der Waals surface area (Å²) in [5, 5.41) is 19.1. The van der Waals surface area contributed by atoms with Crippen molar-refractivity contribution in [3.8, 4) is 0 Å². The number of hydrogen-bond donors (Lipinski definition) is 2. The van der Waals surface area contributed by atoms with Crippen LogP contribution in [0.2, 0.25) is 0 Å². The molecule has 1 saturated heterocycles. The van der Waals surface area contributed by atoms with Gasteiger partial charge in [0.05, 0.1) is 17.8 Å². The minimum atomic E-state index is -1.01. The second-order valence-corrected chi connectivity index (χ2v) is 4.33. The first-order valence-corrected chi connectivity index (χ1v) is 5.85. The summed E-state index contributed by atoms with van der Waals surface area (Å²) in [5.74, 6) is -0.508. The summed E-state index contributed by atoms with van der Waals surface area (Å²) in [5.41, 5.74) is 0.419. The maximum Gasteiger partial charge on any atom is 0.338 e. The van der Waals surface area contributed by atoms with Crippen molar-refractivity contribution in [1.82, 2.24) is 0 Å². The number of aliphatic hydroxyl groups is 2. The fraction of sp³-hybridized carbons (Fsp3) is 0.462. The number of rotatable bonds is 2. The van der Waals surface area contributed by atoms with Gasteiger partial charge in [-0.3, -0.25) is 0 Å². The minimum absolute atomic E-state index is 0.0388. The summed E-state index contributed by atoms with van der Waals surface area (Å²) >= 11 is 0. The Morgan fingerprint density at radius 1 is 1.33 bits per heavy atom. The molecule has 5 nitrogen and oxygen atoms in total. The van der Waals surface area contributed by atoms with Crippen molar-refractivity contribution in [2.24, 2.45) is 0 Å². The van der Waals surface area contributed by atoms with E-state index in [1.54, 1.807) is 37.3 Å². The van der Waals surface area contributed by atoms with Gasteiger partial charge in [0.2, 0.25) is 0 Å². The molecule has 0 spiro atoms. The van der Waals surface area contributed by atoms with Crippen LogP contribution in [0.3, 0.4) is 0 Å². The molecular formula is C13H16O5. The Kier molecular flexibility index (Phi) is 3.96. The standard InChI is InChI=1S/C13H16O5/c1-8-12(10(14)7-11(15)17-8)18-13(16)9-5-3-2-4-6-9/h2-6,8,10-12,14-15H,7H2,1H3/t8-,10+,11+,12-/m1/s1. The fourth-order valence-electron chi connectivity index (χ4n) is 1.97. The zero-order chi connectivity index (χ0) is 13.1. The Hall–Kier alpha value is -1.43. The molecule has 2 rings (SSSR count). The van der Waals surface area contributed by atoms with Gasteiger partial charge < -0.3 is 19.7 Å². The van der Waals surface area contributed by atoms with Gasteiger partial charge in [-0.2, -0.15) is 0 Å². The Labute approximate surface area is 105 Å². The molecule has 1 heterocycles. The number of esters is 1.